The number of aromatic nitrogens is 1. The number of pyridine rings is 1. The Balaban J connectivity index is 2.39. The number of carbonyl (C=O) groups is 1. The lowest BCUT2D eigenvalue weighted by molar-refractivity contribution is 0.0696. The molecule has 0 fully saturated rings. The zero-order chi connectivity index (χ0) is 17.9. The van der Waals surface area contributed by atoms with Crippen molar-refractivity contribution >= 4 is 16.0 Å². The molecule has 6 nitrogen and oxygen atoms in total. The number of hydrogen-bond acceptors (Lipinski definition) is 4. The number of carboxylic acid groups (broad SMARTS) is 1. The molecule has 2 N–H and O–H groups in total. The van der Waals surface area contributed by atoms with Gasteiger partial charge in [0, 0.05) is 18.4 Å². The average molecular weight is 348 g/mol. The zero-order valence-electron chi connectivity index (χ0n) is 13.8. The first kappa shape index (κ1) is 18.1. The van der Waals surface area contributed by atoms with Crippen molar-refractivity contribution in [1.82, 2.24) is 9.71 Å². The second kappa shape index (κ2) is 7.11. The molecule has 0 radical (unpaired) electrons. The van der Waals surface area contributed by atoms with Gasteiger partial charge in [-0.3, -0.25) is 4.98 Å². The molecule has 2 rings (SSSR count). The summed E-state index contributed by atoms with van der Waals surface area (Å²) >= 11 is 0. The first-order valence-corrected chi connectivity index (χ1v) is 8.98. The maximum absolute atomic E-state index is 12.7. The molecule has 1 aromatic carbocycles. The fourth-order valence-electron chi connectivity index (χ4n) is 2.33. The van der Waals surface area contributed by atoms with Crippen LogP contribution in [0, 0.1) is 6.92 Å². The van der Waals surface area contributed by atoms with Crippen molar-refractivity contribution < 1.29 is 18.3 Å². The van der Waals surface area contributed by atoms with Gasteiger partial charge in [-0.2, -0.15) is 0 Å². The van der Waals surface area contributed by atoms with E-state index in [4.69, 9.17) is 5.11 Å². The minimum absolute atomic E-state index is 0.000978. The minimum Gasteiger partial charge on any atom is -0.478 e. The summed E-state index contributed by atoms with van der Waals surface area (Å²) in [6.07, 6.45) is 1.64. The van der Waals surface area contributed by atoms with Gasteiger partial charge in [0.1, 0.15) is 0 Å². The highest BCUT2D eigenvalue weighted by Crippen LogP contribution is 2.25. The summed E-state index contributed by atoms with van der Waals surface area (Å²) in [7, 11) is -3.85. The molecule has 2 aromatic rings. The molecule has 0 saturated carbocycles. The summed E-state index contributed by atoms with van der Waals surface area (Å²) in [6, 6.07) is 7.71. The van der Waals surface area contributed by atoms with Gasteiger partial charge in [0.05, 0.1) is 10.5 Å². The first-order chi connectivity index (χ1) is 11.2. The first-order valence-electron chi connectivity index (χ1n) is 7.49. The van der Waals surface area contributed by atoms with Crippen LogP contribution in [0.2, 0.25) is 0 Å². The van der Waals surface area contributed by atoms with Crippen molar-refractivity contribution in [3.63, 3.8) is 0 Å². The van der Waals surface area contributed by atoms with Crippen LogP contribution >= 0.6 is 0 Å². The number of rotatable bonds is 6. The Morgan fingerprint density at radius 2 is 2.00 bits per heavy atom. The molecule has 0 amide bonds. The molecule has 128 valence electrons. The molecular weight excluding hydrogens is 328 g/mol. The van der Waals surface area contributed by atoms with Crippen LogP contribution in [0.1, 0.15) is 46.9 Å². The van der Waals surface area contributed by atoms with E-state index in [0.29, 0.717) is 5.56 Å². The Bertz CT molecular complexity index is 861. The van der Waals surface area contributed by atoms with Gasteiger partial charge >= 0.3 is 5.97 Å². The van der Waals surface area contributed by atoms with E-state index in [9.17, 15) is 13.2 Å². The molecule has 0 atom stereocenters. The van der Waals surface area contributed by atoms with E-state index >= 15 is 0 Å². The Kier molecular flexibility index (Phi) is 5.36. The number of hydrogen-bond donors (Lipinski definition) is 2. The van der Waals surface area contributed by atoms with Crippen LogP contribution in [-0.4, -0.2) is 24.5 Å². The van der Waals surface area contributed by atoms with Gasteiger partial charge in [-0.05, 0) is 42.2 Å². The third-order valence-corrected chi connectivity index (χ3v) is 5.20. The summed E-state index contributed by atoms with van der Waals surface area (Å²) in [5.74, 6) is -1.22. The SMILES string of the molecule is Cc1ncccc1CNS(=O)(=O)c1cc(C(=O)O)ccc1C(C)C. The number of aryl methyl sites for hydroxylation is 1. The van der Waals surface area contributed by atoms with Gasteiger partial charge in [-0.25, -0.2) is 17.9 Å². The van der Waals surface area contributed by atoms with Crippen LogP contribution in [0.25, 0.3) is 0 Å². The van der Waals surface area contributed by atoms with Crippen molar-refractivity contribution in [1.29, 1.82) is 0 Å². The fraction of sp³-hybridized carbons (Fsp3) is 0.294. The van der Waals surface area contributed by atoms with Gasteiger partial charge in [-0.1, -0.05) is 26.0 Å². The smallest absolute Gasteiger partial charge is 0.335 e. The second-order valence-corrected chi connectivity index (χ2v) is 7.52. The normalized spacial score (nSPS) is 11.7. The minimum atomic E-state index is -3.85. The van der Waals surface area contributed by atoms with Crippen molar-refractivity contribution in [2.24, 2.45) is 0 Å². The zero-order valence-corrected chi connectivity index (χ0v) is 14.6. The van der Waals surface area contributed by atoms with Crippen LogP contribution < -0.4 is 4.72 Å². The topological polar surface area (TPSA) is 96.4 Å². The highest BCUT2D eigenvalue weighted by molar-refractivity contribution is 7.89. The average Bonchev–Trinajstić information content (AvgIpc) is 2.53. The van der Waals surface area contributed by atoms with E-state index in [1.54, 1.807) is 31.3 Å². The van der Waals surface area contributed by atoms with E-state index in [1.807, 2.05) is 13.8 Å². The Hall–Kier alpha value is -2.25. The largest absolute Gasteiger partial charge is 0.478 e. The third-order valence-electron chi connectivity index (χ3n) is 3.74. The molecule has 0 unspecified atom stereocenters. The quantitative estimate of drug-likeness (QED) is 0.836. The molecule has 0 spiro atoms. The molecule has 0 bridgehead atoms. The lowest BCUT2D eigenvalue weighted by atomic mass is 10.0. The molecule has 1 aromatic heterocycles. The molecular formula is C17H20N2O4S. The number of benzene rings is 1. The van der Waals surface area contributed by atoms with Crippen LogP contribution in [0.4, 0.5) is 0 Å². The molecule has 7 heteroatoms. The monoisotopic (exact) mass is 348 g/mol. The standard InChI is InChI=1S/C17H20N2O4S/c1-11(2)15-7-6-13(17(20)21)9-16(15)24(22,23)19-10-14-5-4-8-18-12(14)3/h4-9,11,19H,10H2,1-3H3,(H,20,21). The lowest BCUT2D eigenvalue weighted by Crippen LogP contribution is -2.25. The molecule has 0 saturated heterocycles. The lowest BCUT2D eigenvalue weighted by Gasteiger charge is -2.15. The number of aromatic carboxylic acids is 1. The van der Waals surface area contributed by atoms with E-state index in [1.165, 1.54) is 12.1 Å². The van der Waals surface area contributed by atoms with E-state index < -0.39 is 16.0 Å². The van der Waals surface area contributed by atoms with Gasteiger partial charge in [0.2, 0.25) is 10.0 Å². The predicted octanol–water partition coefficient (Wildman–Crippen LogP) is 2.69. The van der Waals surface area contributed by atoms with Gasteiger partial charge in [0.15, 0.2) is 0 Å². The van der Waals surface area contributed by atoms with Crippen molar-refractivity contribution in [2.75, 3.05) is 0 Å². The fourth-order valence-corrected chi connectivity index (χ4v) is 3.73. The Morgan fingerprint density at radius 1 is 1.29 bits per heavy atom. The summed E-state index contributed by atoms with van der Waals surface area (Å²) in [5, 5.41) is 9.13. The molecule has 1 heterocycles. The van der Waals surface area contributed by atoms with Crippen molar-refractivity contribution in [3.05, 3.63) is 58.9 Å². The van der Waals surface area contributed by atoms with Gasteiger partial charge < -0.3 is 5.11 Å². The van der Waals surface area contributed by atoms with Crippen LogP contribution in [0.5, 0.6) is 0 Å². The Labute approximate surface area is 141 Å². The van der Waals surface area contributed by atoms with Crippen molar-refractivity contribution in [3.8, 4) is 0 Å². The summed E-state index contributed by atoms with van der Waals surface area (Å²) in [6.45, 7) is 5.62. The maximum Gasteiger partial charge on any atom is 0.335 e. The van der Waals surface area contributed by atoms with Crippen LogP contribution in [0.3, 0.4) is 0 Å². The molecule has 0 aliphatic rings. The number of nitrogens with zero attached hydrogens (tertiary/aromatic N) is 1. The van der Waals surface area contributed by atoms with Crippen LogP contribution in [0.15, 0.2) is 41.4 Å². The van der Waals surface area contributed by atoms with E-state index in [-0.39, 0.29) is 22.9 Å². The van der Waals surface area contributed by atoms with E-state index in [0.717, 1.165) is 11.3 Å². The molecule has 24 heavy (non-hydrogen) atoms. The number of sulfonamides is 1. The highest BCUT2D eigenvalue weighted by Gasteiger charge is 2.22. The van der Waals surface area contributed by atoms with Crippen LogP contribution in [-0.2, 0) is 16.6 Å². The third kappa shape index (κ3) is 3.98. The Morgan fingerprint density at radius 3 is 2.58 bits per heavy atom. The van der Waals surface area contributed by atoms with Gasteiger partial charge in [-0.15, -0.1) is 0 Å². The highest BCUT2D eigenvalue weighted by atomic mass is 32.2. The number of nitrogens with one attached hydrogen (secondary N) is 1. The summed E-state index contributed by atoms with van der Waals surface area (Å²) in [5.41, 5.74) is 2.03. The van der Waals surface area contributed by atoms with Crippen molar-refractivity contribution in [2.45, 2.75) is 38.1 Å². The summed E-state index contributed by atoms with van der Waals surface area (Å²) in [4.78, 5) is 15.3. The maximum atomic E-state index is 12.7. The molecule has 0 aliphatic heterocycles. The molecule has 0 aliphatic carbocycles. The van der Waals surface area contributed by atoms with Gasteiger partial charge in [0.25, 0.3) is 0 Å². The van der Waals surface area contributed by atoms with E-state index in [2.05, 4.69) is 9.71 Å². The number of carboxylic acids is 1. The predicted molar refractivity (Wildman–Crippen MR) is 90.5 cm³/mol. The second-order valence-electron chi connectivity index (χ2n) is 5.78. The summed E-state index contributed by atoms with van der Waals surface area (Å²) < 4.78 is 27.9.